The summed E-state index contributed by atoms with van der Waals surface area (Å²) in [7, 11) is 1.64. The zero-order valence-corrected chi connectivity index (χ0v) is 13.0. The van der Waals surface area contributed by atoms with E-state index in [9.17, 15) is 0 Å². The molecule has 3 aromatic carbocycles. The highest BCUT2D eigenvalue weighted by atomic mass is 32.1. The largest absolute Gasteiger partial charge is 0.497 e. The number of hydrogen-bond donors (Lipinski definition) is 2. The first-order valence-corrected chi connectivity index (χ1v) is 7.36. The molecule has 3 rings (SSSR count). The molecular formula is C18H16N2OS. The van der Waals surface area contributed by atoms with Crippen molar-refractivity contribution < 1.29 is 4.74 Å². The number of fused-ring (bicyclic) bond motifs is 1. The molecule has 0 heterocycles. The zero-order valence-electron chi connectivity index (χ0n) is 12.2. The summed E-state index contributed by atoms with van der Waals surface area (Å²) in [6, 6.07) is 22.0. The van der Waals surface area contributed by atoms with Crippen LogP contribution in [0.2, 0.25) is 0 Å². The minimum atomic E-state index is 0.545. The van der Waals surface area contributed by atoms with Crippen molar-refractivity contribution in [3.63, 3.8) is 0 Å². The van der Waals surface area contributed by atoms with Gasteiger partial charge in [0.15, 0.2) is 5.11 Å². The third kappa shape index (κ3) is 3.35. The van der Waals surface area contributed by atoms with Gasteiger partial charge in [0.05, 0.1) is 7.11 Å². The molecule has 2 N–H and O–H groups in total. The quantitative estimate of drug-likeness (QED) is 0.690. The van der Waals surface area contributed by atoms with Crippen LogP contribution in [0.1, 0.15) is 0 Å². The van der Waals surface area contributed by atoms with Crippen LogP contribution in [-0.2, 0) is 0 Å². The lowest BCUT2D eigenvalue weighted by Gasteiger charge is -2.12. The lowest BCUT2D eigenvalue weighted by atomic mass is 10.1. The summed E-state index contributed by atoms with van der Waals surface area (Å²) in [6.45, 7) is 0. The van der Waals surface area contributed by atoms with Crippen molar-refractivity contribution in [2.45, 2.75) is 0 Å². The van der Waals surface area contributed by atoms with Crippen LogP contribution in [-0.4, -0.2) is 12.2 Å². The maximum absolute atomic E-state index is 5.36. The van der Waals surface area contributed by atoms with Crippen molar-refractivity contribution >= 4 is 39.5 Å². The third-order valence-electron chi connectivity index (χ3n) is 3.33. The van der Waals surface area contributed by atoms with Crippen LogP contribution in [0.3, 0.4) is 0 Å². The van der Waals surface area contributed by atoms with Crippen molar-refractivity contribution in [2.75, 3.05) is 17.7 Å². The molecule has 0 aliphatic carbocycles. The highest BCUT2D eigenvalue weighted by molar-refractivity contribution is 7.80. The fourth-order valence-electron chi connectivity index (χ4n) is 2.26. The summed E-state index contributed by atoms with van der Waals surface area (Å²) in [5, 5.41) is 9.28. The molecule has 4 heteroatoms. The summed E-state index contributed by atoms with van der Waals surface area (Å²) in [4.78, 5) is 0. The number of methoxy groups -OCH3 is 1. The smallest absolute Gasteiger partial charge is 0.175 e. The average Bonchev–Trinajstić information content (AvgIpc) is 2.55. The normalized spacial score (nSPS) is 10.2. The summed E-state index contributed by atoms with van der Waals surface area (Å²) in [5.74, 6) is 0.790. The second-order valence-corrected chi connectivity index (χ2v) is 5.28. The third-order valence-corrected chi connectivity index (χ3v) is 3.54. The van der Waals surface area contributed by atoms with Gasteiger partial charge in [-0.1, -0.05) is 36.4 Å². The highest BCUT2D eigenvalue weighted by Crippen LogP contribution is 2.20. The first kappa shape index (κ1) is 14.4. The van der Waals surface area contributed by atoms with Crippen LogP contribution in [0.4, 0.5) is 11.4 Å². The molecule has 0 radical (unpaired) electrons. The van der Waals surface area contributed by atoms with Crippen molar-refractivity contribution in [2.24, 2.45) is 0 Å². The maximum atomic E-state index is 5.36. The molecule has 0 saturated heterocycles. The Morgan fingerprint density at radius 2 is 1.55 bits per heavy atom. The summed E-state index contributed by atoms with van der Waals surface area (Å²) in [6.07, 6.45) is 0. The van der Waals surface area contributed by atoms with Crippen LogP contribution >= 0.6 is 12.2 Å². The molecule has 0 amide bonds. The van der Waals surface area contributed by atoms with Gasteiger partial charge in [-0.25, -0.2) is 0 Å². The SMILES string of the molecule is COc1cccc(NC(=S)Nc2ccc3ccccc3c2)c1. The molecule has 0 fully saturated rings. The Kier molecular flexibility index (Phi) is 4.21. The van der Waals surface area contributed by atoms with E-state index in [1.165, 1.54) is 10.8 Å². The van der Waals surface area contributed by atoms with Crippen LogP contribution in [0, 0.1) is 0 Å². The van der Waals surface area contributed by atoms with Gasteiger partial charge in [-0.05, 0) is 47.3 Å². The van der Waals surface area contributed by atoms with E-state index in [0.29, 0.717) is 5.11 Å². The summed E-state index contributed by atoms with van der Waals surface area (Å²) < 4.78 is 5.20. The molecule has 0 atom stereocenters. The molecule has 0 aliphatic heterocycles. The molecule has 22 heavy (non-hydrogen) atoms. The number of rotatable bonds is 3. The van der Waals surface area contributed by atoms with Gasteiger partial charge < -0.3 is 15.4 Å². The monoisotopic (exact) mass is 308 g/mol. The van der Waals surface area contributed by atoms with Crippen LogP contribution in [0.25, 0.3) is 10.8 Å². The van der Waals surface area contributed by atoms with Gasteiger partial charge in [-0.3, -0.25) is 0 Å². The maximum Gasteiger partial charge on any atom is 0.175 e. The molecule has 0 aromatic heterocycles. The summed E-state index contributed by atoms with van der Waals surface area (Å²) in [5.41, 5.74) is 1.84. The molecule has 0 unspecified atom stereocenters. The van der Waals surface area contributed by atoms with Gasteiger partial charge in [-0.15, -0.1) is 0 Å². The molecule has 0 bridgehead atoms. The molecule has 3 nitrogen and oxygen atoms in total. The van der Waals surface area contributed by atoms with E-state index >= 15 is 0 Å². The molecule has 110 valence electrons. The predicted molar refractivity (Wildman–Crippen MR) is 96.8 cm³/mol. The zero-order chi connectivity index (χ0) is 15.4. The van der Waals surface area contributed by atoms with Gasteiger partial charge in [0, 0.05) is 17.4 Å². The summed E-state index contributed by atoms with van der Waals surface area (Å²) >= 11 is 5.36. The van der Waals surface area contributed by atoms with E-state index in [-0.39, 0.29) is 0 Å². The van der Waals surface area contributed by atoms with Crippen molar-refractivity contribution in [1.29, 1.82) is 0 Å². The van der Waals surface area contributed by atoms with Crippen LogP contribution < -0.4 is 15.4 Å². The molecular weight excluding hydrogens is 292 g/mol. The fraction of sp³-hybridized carbons (Fsp3) is 0.0556. The van der Waals surface area contributed by atoms with E-state index in [2.05, 4.69) is 34.9 Å². The van der Waals surface area contributed by atoms with Crippen molar-refractivity contribution in [3.8, 4) is 5.75 Å². The lowest BCUT2D eigenvalue weighted by Crippen LogP contribution is -2.18. The van der Waals surface area contributed by atoms with Crippen molar-refractivity contribution in [3.05, 3.63) is 66.7 Å². The number of nitrogens with one attached hydrogen (secondary N) is 2. The van der Waals surface area contributed by atoms with Gasteiger partial charge >= 0.3 is 0 Å². The first-order valence-electron chi connectivity index (χ1n) is 6.95. The molecule has 0 aliphatic rings. The van der Waals surface area contributed by atoms with E-state index in [0.717, 1.165) is 17.1 Å². The second kappa shape index (κ2) is 6.45. The average molecular weight is 308 g/mol. The Morgan fingerprint density at radius 1 is 0.818 bits per heavy atom. The topological polar surface area (TPSA) is 33.3 Å². The van der Waals surface area contributed by atoms with E-state index in [1.54, 1.807) is 7.11 Å². The molecule has 0 saturated carbocycles. The fourth-order valence-corrected chi connectivity index (χ4v) is 2.50. The first-order chi connectivity index (χ1) is 10.7. The molecule has 3 aromatic rings. The minimum absolute atomic E-state index is 0.545. The Bertz CT molecular complexity index is 817. The highest BCUT2D eigenvalue weighted by Gasteiger charge is 2.01. The van der Waals surface area contributed by atoms with Gasteiger partial charge in [-0.2, -0.15) is 0 Å². The number of anilines is 2. The van der Waals surface area contributed by atoms with Crippen molar-refractivity contribution in [1.82, 2.24) is 0 Å². The van der Waals surface area contributed by atoms with Crippen LogP contribution in [0.15, 0.2) is 66.7 Å². The lowest BCUT2D eigenvalue weighted by molar-refractivity contribution is 0.415. The van der Waals surface area contributed by atoms with E-state index in [4.69, 9.17) is 17.0 Å². The Labute approximate surface area is 134 Å². The number of thiocarbonyl (C=S) groups is 1. The van der Waals surface area contributed by atoms with E-state index < -0.39 is 0 Å². The molecule has 0 spiro atoms. The Balaban J connectivity index is 1.72. The van der Waals surface area contributed by atoms with E-state index in [1.807, 2.05) is 42.5 Å². The second-order valence-electron chi connectivity index (χ2n) is 4.87. The van der Waals surface area contributed by atoms with Crippen LogP contribution in [0.5, 0.6) is 5.75 Å². The predicted octanol–water partition coefficient (Wildman–Crippen LogP) is 4.66. The number of benzene rings is 3. The van der Waals surface area contributed by atoms with Gasteiger partial charge in [0.2, 0.25) is 0 Å². The standard InChI is InChI=1S/C18H16N2OS/c1-21-17-8-4-7-15(12-17)19-18(22)20-16-10-9-13-5-2-3-6-14(13)11-16/h2-12H,1H3,(H2,19,20,22). The Hall–Kier alpha value is -2.59. The minimum Gasteiger partial charge on any atom is -0.497 e. The van der Waals surface area contributed by atoms with Gasteiger partial charge in [0.1, 0.15) is 5.75 Å². The number of hydrogen-bond acceptors (Lipinski definition) is 2. The Morgan fingerprint density at radius 3 is 2.32 bits per heavy atom. The van der Waals surface area contributed by atoms with Gasteiger partial charge in [0.25, 0.3) is 0 Å². The number of ether oxygens (including phenoxy) is 1.